The maximum Gasteiger partial charge on any atom is 0.192 e. The van der Waals surface area contributed by atoms with E-state index < -0.39 is 8.32 Å². The molecule has 3 aromatic rings. The van der Waals surface area contributed by atoms with Crippen LogP contribution < -0.4 is 0 Å². The maximum absolute atomic E-state index is 13.6. The van der Waals surface area contributed by atoms with E-state index in [1.165, 1.54) is 41.7 Å². The molecule has 2 aliphatic rings. The molecule has 1 aromatic heterocycles. The van der Waals surface area contributed by atoms with Gasteiger partial charge in [0.25, 0.3) is 0 Å². The lowest BCUT2D eigenvalue weighted by molar-refractivity contribution is 0.0312. The van der Waals surface area contributed by atoms with Crippen LogP contribution in [0.5, 0.6) is 0 Å². The van der Waals surface area contributed by atoms with E-state index >= 15 is 0 Å². The normalized spacial score (nSPS) is 22.7. The van der Waals surface area contributed by atoms with Crippen molar-refractivity contribution in [3.8, 4) is 5.69 Å². The van der Waals surface area contributed by atoms with Crippen molar-refractivity contribution in [2.75, 3.05) is 0 Å². The summed E-state index contributed by atoms with van der Waals surface area (Å²) < 4.78 is 22.8. The summed E-state index contributed by atoms with van der Waals surface area (Å²) in [7, 11) is -1.98. The van der Waals surface area contributed by atoms with Crippen LogP contribution in [0.3, 0.4) is 0 Å². The summed E-state index contributed by atoms with van der Waals surface area (Å²) in [5, 5.41) is 4.90. The Bertz CT molecular complexity index is 1270. The van der Waals surface area contributed by atoms with Crippen molar-refractivity contribution in [3.05, 3.63) is 89.0 Å². The van der Waals surface area contributed by atoms with Gasteiger partial charge in [-0.3, -0.25) is 0 Å². The zero-order valence-corrected chi connectivity index (χ0v) is 24.2. The van der Waals surface area contributed by atoms with Crippen LogP contribution in [0.2, 0.25) is 18.1 Å². The summed E-state index contributed by atoms with van der Waals surface area (Å²) in [4.78, 5) is 0. The zero-order chi connectivity index (χ0) is 26.4. The Balaban J connectivity index is 1.51. The van der Waals surface area contributed by atoms with Crippen LogP contribution in [-0.2, 0) is 17.3 Å². The molecule has 2 aliphatic carbocycles. The molecule has 0 spiro atoms. The minimum absolute atomic E-state index is 0.0315. The second kappa shape index (κ2) is 9.67. The fourth-order valence-electron chi connectivity index (χ4n) is 6.13. The lowest BCUT2D eigenvalue weighted by Crippen LogP contribution is -2.51. The summed E-state index contributed by atoms with van der Waals surface area (Å²) in [6, 6.07) is 17.5. The molecule has 5 heteroatoms. The summed E-state index contributed by atoms with van der Waals surface area (Å²) >= 11 is 0. The van der Waals surface area contributed by atoms with Gasteiger partial charge in [0, 0.05) is 0 Å². The van der Waals surface area contributed by atoms with Gasteiger partial charge in [-0.1, -0.05) is 63.6 Å². The quantitative estimate of drug-likeness (QED) is 0.308. The maximum atomic E-state index is 13.6. The van der Waals surface area contributed by atoms with E-state index in [1.54, 1.807) is 0 Å². The number of hydrogen-bond donors (Lipinski definition) is 0. The molecule has 3 atom stereocenters. The molecule has 0 bridgehead atoms. The molecule has 0 saturated heterocycles. The molecular formula is C32H41FN2OSi. The fourth-order valence-corrected chi connectivity index (χ4v) is 7.49. The van der Waals surface area contributed by atoms with E-state index in [9.17, 15) is 4.39 Å². The highest BCUT2D eigenvalue weighted by Gasteiger charge is 2.49. The van der Waals surface area contributed by atoms with E-state index in [4.69, 9.17) is 9.52 Å². The number of fused-ring (bicyclic) bond motifs is 2. The Kier molecular flexibility index (Phi) is 6.82. The van der Waals surface area contributed by atoms with E-state index in [-0.39, 0.29) is 22.4 Å². The van der Waals surface area contributed by atoms with Crippen molar-refractivity contribution >= 4 is 14.4 Å². The van der Waals surface area contributed by atoms with Gasteiger partial charge in [-0.15, -0.1) is 0 Å². The molecular weight excluding hydrogens is 475 g/mol. The highest BCUT2D eigenvalue weighted by atomic mass is 28.4. The van der Waals surface area contributed by atoms with Crippen LogP contribution in [0.15, 0.2) is 66.4 Å². The number of hydrogen-bond acceptors (Lipinski definition) is 2. The summed E-state index contributed by atoms with van der Waals surface area (Å²) in [5.74, 6) is 0.209. The Morgan fingerprint density at radius 1 is 1.11 bits per heavy atom. The number of halogens is 1. The summed E-state index contributed by atoms with van der Waals surface area (Å²) in [6.07, 6.45) is 9.95. The third-order valence-electron chi connectivity index (χ3n) is 9.32. The first-order chi connectivity index (χ1) is 17.5. The number of benzene rings is 2. The zero-order valence-electron chi connectivity index (χ0n) is 23.2. The standard InChI is InChI=1S/C32H41FN2OSi/c1-31(2,3)37(5,6)36-30(19-23-11-8-7-9-12-23)28-14-10-13-25-20-29-24(21-32(25,28)4)22-34-35(29)27-17-15-26(33)16-18-27/h7-9,11-12,15-18,20,22,28,30H,10,13-14,19,21H2,1-6H3/t28-,30-,32+/m1/s1. The molecule has 1 fully saturated rings. The van der Waals surface area contributed by atoms with Crippen molar-refractivity contribution < 1.29 is 8.82 Å². The van der Waals surface area contributed by atoms with Gasteiger partial charge in [-0.05, 0) is 103 Å². The second-order valence-electron chi connectivity index (χ2n) is 12.8. The predicted octanol–water partition coefficient (Wildman–Crippen LogP) is 8.39. The van der Waals surface area contributed by atoms with Gasteiger partial charge in [0.05, 0.1) is 23.7 Å². The van der Waals surface area contributed by atoms with Crippen molar-refractivity contribution in [1.82, 2.24) is 9.78 Å². The minimum atomic E-state index is -1.98. The molecule has 0 amide bonds. The largest absolute Gasteiger partial charge is 0.413 e. The van der Waals surface area contributed by atoms with Gasteiger partial charge in [-0.2, -0.15) is 5.10 Å². The fraction of sp³-hybridized carbons (Fsp3) is 0.469. The molecule has 0 N–H and O–H groups in total. The van der Waals surface area contributed by atoms with Gasteiger partial charge >= 0.3 is 0 Å². The molecule has 0 unspecified atom stereocenters. The van der Waals surface area contributed by atoms with Crippen molar-refractivity contribution in [2.24, 2.45) is 11.3 Å². The SMILES string of the molecule is CC(C)(C)[Si](C)(C)O[C@H](Cc1ccccc1)[C@H]1CCCC2=Cc3c(cnn3-c3ccc(F)cc3)C[C@@]21C. The van der Waals surface area contributed by atoms with Crippen molar-refractivity contribution in [1.29, 1.82) is 0 Å². The van der Waals surface area contributed by atoms with E-state index in [1.807, 2.05) is 23.0 Å². The molecule has 196 valence electrons. The van der Waals surface area contributed by atoms with E-state index in [2.05, 4.69) is 77.2 Å². The minimum Gasteiger partial charge on any atom is -0.413 e. The van der Waals surface area contributed by atoms with Crippen LogP contribution >= 0.6 is 0 Å². The molecule has 37 heavy (non-hydrogen) atoms. The third-order valence-corrected chi connectivity index (χ3v) is 13.8. The Morgan fingerprint density at radius 3 is 2.49 bits per heavy atom. The average molecular weight is 517 g/mol. The second-order valence-corrected chi connectivity index (χ2v) is 17.6. The van der Waals surface area contributed by atoms with Crippen LogP contribution in [-0.4, -0.2) is 24.2 Å². The van der Waals surface area contributed by atoms with Gasteiger partial charge in [0.1, 0.15) is 5.82 Å². The molecule has 2 aromatic carbocycles. The monoisotopic (exact) mass is 516 g/mol. The first-order valence-corrected chi connectivity index (χ1v) is 16.6. The smallest absolute Gasteiger partial charge is 0.192 e. The summed E-state index contributed by atoms with van der Waals surface area (Å²) in [6.45, 7) is 14.3. The van der Waals surface area contributed by atoms with Gasteiger partial charge in [0.15, 0.2) is 8.32 Å². The Labute approximate surface area is 222 Å². The molecule has 3 nitrogen and oxygen atoms in total. The number of rotatable bonds is 6. The van der Waals surface area contributed by atoms with Crippen molar-refractivity contribution in [2.45, 2.75) is 84.0 Å². The summed E-state index contributed by atoms with van der Waals surface area (Å²) in [5.41, 5.74) is 6.21. The average Bonchev–Trinajstić information content (AvgIpc) is 3.24. The molecule has 1 heterocycles. The first kappa shape index (κ1) is 26.1. The van der Waals surface area contributed by atoms with Gasteiger partial charge < -0.3 is 4.43 Å². The van der Waals surface area contributed by atoms with E-state index in [0.717, 1.165) is 30.6 Å². The lowest BCUT2D eigenvalue weighted by Gasteiger charge is -2.51. The number of nitrogens with zero attached hydrogens (tertiary/aromatic N) is 2. The first-order valence-electron chi connectivity index (χ1n) is 13.7. The number of allylic oxidation sites excluding steroid dienone is 1. The van der Waals surface area contributed by atoms with Crippen LogP contribution in [0.25, 0.3) is 11.8 Å². The predicted molar refractivity (Wildman–Crippen MR) is 153 cm³/mol. The molecule has 1 saturated carbocycles. The van der Waals surface area contributed by atoms with Crippen molar-refractivity contribution in [3.63, 3.8) is 0 Å². The number of aromatic nitrogens is 2. The molecule has 0 radical (unpaired) electrons. The Hall–Kier alpha value is -2.50. The van der Waals surface area contributed by atoms with Crippen LogP contribution in [0.4, 0.5) is 4.39 Å². The third kappa shape index (κ3) is 5.00. The lowest BCUT2D eigenvalue weighted by atomic mass is 9.58. The topological polar surface area (TPSA) is 27.1 Å². The van der Waals surface area contributed by atoms with Crippen LogP contribution in [0, 0.1) is 17.2 Å². The highest BCUT2D eigenvalue weighted by Crippen LogP contribution is 2.54. The highest BCUT2D eigenvalue weighted by molar-refractivity contribution is 6.74. The van der Waals surface area contributed by atoms with Crippen LogP contribution in [0.1, 0.15) is 63.8 Å². The van der Waals surface area contributed by atoms with Gasteiger partial charge in [0.2, 0.25) is 0 Å². The van der Waals surface area contributed by atoms with E-state index in [0.29, 0.717) is 5.92 Å². The molecule has 0 aliphatic heterocycles. The Morgan fingerprint density at radius 2 is 1.81 bits per heavy atom. The molecule has 5 rings (SSSR count). The van der Waals surface area contributed by atoms with Gasteiger partial charge in [-0.25, -0.2) is 9.07 Å².